The fourth-order valence-corrected chi connectivity index (χ4v) is 5.16. The molecule has 0 bridgehead atoms. The summed E-state index contributed by atoms with van der Waals surface area (Å²) in [4.78, 5) is 39.2. The molecule has 2 N–H and O–H groups in total. The van der Waals surface area contributed by atoms with Gasteiger partial charge in [0, 0.05) is 30.9 Å². The number of carbonyl (C=O) groups excluding carboxylic acids is 1. The molecule has 1 amide bonds. The lowest BCUT2D eigenvalue weighted by Gasteiger charge is -2.33. The molecule has 4 rings (SSSR count). The van der Waals surface area contributed by atoms with Gasteiger partial charge in [0.1, 0.15) is 25.6 Å². The average molecular weight is 582 g/mol. The quantitative estimate of drug-likeness (QED) is 0.329. The van der Waals surface area contributed by atoms with E-state index in [1.807, 2.05) is 0 Å². The second kappa shape index (κ2) is 11.4. The van der Waals surface area contributed by atoms with Crippen LogP contribution in [-0.2, 0) is 17.9 Å². The number of nitrogens with one attached hydrogen (secondary N) is 1. The first-order valence-corrected chi connectivity index (χ1v) is 12.7. The van der Waals surface area contributed by atoms with Crippen LogP contribution in [0.25, 0.3) is 10.9 Å². The standard InChI is InChI=1S/C26H25BClF4N3O5/c1-40-23-20-16(9-19(29)21(23)34-6-4-13(5-7-34)25(38)39)22(36)17(11-35(20)12-26(30,31)32)24(37)33-10-14-2-3-15(28)8-18(14)27/h2-3,8-9,11,13H,4-7,10,12,27H2,1H3,(H,33,37)(H,38,39). The number of methoxy groups -OCH3 is 1. The van der Waals surface area contributed by atoms with Gasteiger partial charge in [-0.2, -0.15) is 13.2 Å². The van der Waals surface area contributed by atoms with E-state index in [0.717, 1.165) is 24.8 Å². The minimum atomic E-state index is -4.75. The van der Waals surface area contributed by atoms with Crippen molar-refractivity contribution in [2.45, 2.75) is 32.1 Å². The number of carboxylic acid groups (broad SMARTS) is 1. The summed E-state index contributed by atoms with van der Waals surface area (Å²) in [5.41, 5.74) is -0.631. The second-order valence-corrected chi connectivity index (χ2v) is 10.0. The van der Waals surface area contributed by atoms with E-state index < -0.39 is 52.7 Å². The number of ether oxygens (including phenoxy) is 1. The number of piperidine rings is 1. The van der Waals surface area contributed by atoms with E-state index >= 15 is 4.39 Å². The molecule has 2 heterocycles. The van der Waals surface area contributed by atoms with Crippen LogP contribution >= 0.6 is 11.6 Å². The molecule has 1 aromatic heterocycles. The average Bonchev–Trinajstić information content (AvgIpc) is 2.88. The third-order valence-corrected chi connectivity index (χ3v) is 7.18. The zero-order chi connectivity index (χ0) is 29.4. The van der Waals surface area contributed by atoms with Crippen LogP contribution in [0.2, 0.25) is 5.02 Å². The van der Waals surface area contributed by atoms with E-state index in [-0.39, 0.29) is 49.4 Å². The van der Waals surface area contributed by atoms with E-state index in [0.29, 0.717) is 15.2 Å². The van der Waals surface area contributed by atoms with Crippen LogP contribution < -0.4 is 25.8 Å². The maximum atomic E-state index is 15.5. The third kappa shape index (κ3) is 6.03. The Labute approximate surface area is 231 Å². The van der Waals surface area contributed by atoms with Crippen molar-refractivity contribution in [1.29, 1.82) is 0 Å². The molecule has 3 aromatic rings. The van der Waals surface area contributed by atoms with Gasteiger partial charge in [-0.3, -0.25) is 14.4 Å². The van der Waals surface area contributed by atoms with Gasteiger partial charge in [-0.25, -0.2) is 4.39 Å². The molecule has 8 nitrogen and oxygen atoms in total. The van der Waals surface area contributed by atoms with Crippen molar-refractivity contribution in [3.8, 4) is 5.75 Å². The third-order valence-electron chi connectivity index (χ3n) is 6.95. The number of aliphatic carboxylic acids is 1. The number of alkyl halides is 3. The number of hydrogen-bond donors (Lipinski definition) is 2. The lowest BCUT2D eigenvalue weighted by Crippen LogP contribution is -2.37. The molecular formula is C26H25BClF4N3O5. The summed E-state index contributed by atoms with van der Waals surface area (Å²) in [6.45, 7) is -1.38. The smallest absolute Gasteiger partial charge is 0.406 e. The highest BCUT2D eigenvalue weighted by molar-refractivity contribution is 6.36. The minimum Gasteiger partial charge on any atom is -0.492 e. The zero-order valence-electron chi connectivity index (χ0n) is 21.6. The number of halogens is 5. The Bertz CT molecular complexity index is 1540. The summed E-state index contributed by atoms with van der Waals surface area (Å²) in [5, 5.41) is 11.8. The summed E-state index contributed by atoms with van der Waals surface area (Å²) in [5.74, 6) is -3.80. The van der Waals surface area contributed by atoms with Gasteiger partial charge in [0.15, 0.2) is 11.6 Å². The van der Waals surface area contributed by atoms with Crippen LogP contribution in [0.4, 0.5) is 23.2 Å². The summed E-state index contributed by atoms with van der Waals surface area (Å²) in [7, 11) is 2.90. The molecule has 1 aliphatic heterocycles. The maximum absolute atomic E-state index is 15.5. The largest absolute Gasteiger partial charge is 0.492 e. The van der Waals surface area contributed by atoms with Crippen LogP contribution in [0.1, 0.15) is 28.8 Å². The molecule has 0 radical (unpaired) electrons. The van der Waals surface area contributed by atoms with Crippen molar-refractivity contribution in [3.05, 3.63) is 62.7 Å². The van der Waals surface area contributed by atoms with Gasteiger partial charge < -0.3 is 24.6 Å². The summed E-state index contributed by atoms with van der Waals surface area (Å²) in [6, 6.07) is 5.75. The Morgan fingerprint density at radius 2 is 1.90 bits per heavy atom. The number of aromatic nitrogens is 1. The molecule has 0 spiro atoms. The zero-order valence-corrected chi connectivity index (χ0v) is 22.3. The fourth-order valence-electron chi connectivity index (χ4n) is 4.93. The van der Waals surface area contributed by atoms with E-state index in [9.17, 15) is 32.7 Å². The Kier molecular flexibility index (Phi) is 8.34. The van der Waals surface area contributed by atoms with Gasteiger partial charge in [0.2, 0.25) is 5.43 Å². The number of fused-ring (bicyclic) bond motifs is 1. The monoisotopic (exact) mass is 581 g/mol. The van der Waals surface area contributed by atoms with Crippen molar-refractivity contribution in [2.75, 3.05) is 25.1 Å². The Morgan fingerprint density at radius 1 is 1.23 bits per heavy atom. The summed E-state index contributed by atoms with van der Waals surface area (Å²) >= 11 is 5.95. The SMILES string of the molecule is Bc1cc(Cl)ccc1CNC(=O)c1cn(CC(F)(F)F)c2c(OC)c(N3CCC(C(=O)O)CC3)c(F)cc2c1=O. The van der Waals surface area contributed by atoms with Crippen LogP contribution in [0.15, 0.2) is 35.3 Å². The normalized spacial score (nSPS) is 14.4. The van der Waals surface area contributed by atoms with Gasteiger partial charge in [0.05, 0.1) is 23.9 Å². The minimum absolute atomic E-state index is 0.0263. The first-order valence-electron chi connectivity index (χ1n) is 12.3. The summed E-state index contributed by atoms with van der Waals surface area (Å²) < 4.78 is 62.5. The molecule has 0 atom stereocenters. The Balaban J connectivity index is 1.81. The van der Waals surface area contributed by atoms with Crippen LogP contribution in [0.5, 0.6) is 5.75 Å². The molecule has 1 saturated heterocycles. The number of pyridine rings is 1. The van der Waals surface area contributed by atoms with Crippen molar-refractivity contribution >= 4 is 53.4 Å². The number of benzene rings is 2. The van der Waals surface area contributed by atoms with Crippen molar-refractivity contribution in [1.82, 2.24) is 9.88 Å². The number of carbonyl (C=O) groups is 2. The van der Waals surface area contributed by atoms with Gasteiger partial charge in [-0.1, -0.05) is 23.1 Å². The Hall–Kier alpha value is -3.74. The second-order valence-electron chi connectivity index (χ2n) is 9.60. The van der Waals surface area contributed by atoms with Gasteiger partial charge >= 0.3 is 12.1 Å². The highest BCUT2D eigenvalue weighted by Crippen LogP contribution is 2.40. The number of amides is 1. The lowest BCUT2D eigenvalue weighted by molar-refractivity contribution is -0.142. The molecule has 0 aliphatic carbocycles. The highest BCUT2D eigenvalue weighted by Gasteiger charge is 2.33. The number of hydrogen-bond acceptors (Lipinski definition) is 5. The topological polar surface area (TPSA) is 101 Å². The highest BCUT2D eigenvalue weighted by atomic mass is 35.5. The predicted octanol–water partition coefficient (Wildman–Crippen LogP) is 2.85. The van der Waals surface area contributed by atoms with E-state index in [4.69, 9.17) is 16.3 Å². The van der Waals surface area contributed by atoms with Gasteiger partial charge in [-0.05, 0) is 36.6 Å². The van der Waals surface area contributed by atoms with Gasteiger partial charge in [-0.15, -0.1) is 0 Å². The fraction of sp³-hybridized carbons (Fsp3) is 0.346. The number of rotatable bonds is 7. The molecule has 2 aromatic carbocycles. The number of nitrogens with zero attached hydrogens (tertiary/aromatic N) is 2. The molecule has 40 heavy (non-hydrogen) atoms. The Morgan fingerprint density at radius 3 is 2.48 bits per heavy atom. The molecule has 0 saturated carbocycles. The predicted molar refractivity (Wildman–Crippen MR) is 144 cm³/mol. The molecule has 14 heteroatoms. The van der Waals surface area contributed by atoms with Crippen molar-refractivity contribution in [2.24, 2.45) is 5.92 Å². The number of carboxylic acids is 1. The molecule has 212 valence electrons. The molecule has 0 unspecified atom stereocenters. The van der Waals surface area contributed by atoms with Crippen LogP contribution in [-0.4, -0.2) is 55.8 Å². The van der Waals surface area contributed by atoms with Crippen LogP contribution in [0, 0.1) is 11.7 Å². The molecule has 1 aliphatic rings. The van der Waals surface area contributed by atoms with E-state index in [1.165, 1.54) is 4.90 Å². The maximum Gasteiger partial charge on any atom is 0.406 e. The van der Waals surface area contributed by atoms with Gasteiger partial charge in [0.25, 0.3) is 5.91 Å². The van der Waals surface area contributed by atoms with Crippen molar-refractivity contribution < 1.29 is 37.0 Å². The summed E-state index contributed by atoms with van der Waals surface area (Å²) in [6.07, 6.45) is -3.58. The number of anilines is 1. The van der Waals surface area contributed by atoms with Crippen LogP contribution in [0.3, 0.4) is 0 Å². The van der Waals surface area contributed by atoms with E-state index in [1.54, 1.807) is 26.0 Å². The first-order chi connectivity index (χ1) is 18.8. The first kappa shape index (κ1) is 29.3. The molecular weight excluding hydrogens is 557 g/mol. The lowest BCUT2D eigenvalue weighted by atomic mass is 9.90. The van der Waals surface area contributed by atoms with Crippen molar-refractivity contribution in [3.63, 3.8) is 0 Å². The van der Waals surface area contributed by atoms with E-state index in [2.05, 4.69) is 5.32 Å². The molecule has 1 fully saturated rings.